The van der Waals surface area contributed by atoms with Crippen molar-refractivity contribution in [3.05, 3.63) is 54.1 Å². The van der Waals surface area contributed by atoms with E-state index in [1.165, 1.54) is 48.5 Å². The van der Waals surface area contributed by atoms with Crippen molar-refractivity contribution in [1.29, 1.82) is 0 Å². The van der Waals surface area contributed by atoms with E-state index < -0.39 is 0 Å². The normalized spacial score (nSPS) is 11.3. The van der Waals surface area contributed by atoms with E-state index in [0.717, 1.165) is 8.58 Å². The topological polar surface area (TPSA) is 0 Å². The SMILES string of the molecule is CCCCCCPc1cccc(-c2ccccc2)c1C. The molecule has 0 aliphatic rings. The van der Waals surface area contributed by atoms with Crippen LogP contribution >= 0.6 is 8.58 Å². The Morgan fingerprint density at radius 3 is 2.40 bits per heavy atom. The van der Waals surface area contributed by atoms with Crippen LogP contribution in [0.1, 0.15) is 38.2 Å². The van der Waals surface area contributed by atoms with E-state index in [1.807, 2.05) is 0 Å². The average Bonchev–Trinajstić information content (AvgIpc) is 2.49. The van der Waals surface area contributed by atoms with E-state index in [9.17, 15) is 0 Å². The molecular weight excluding hydrogens is 259 g/mol. The Morgan fingerprint density at radius 2 is 1.65 bits per heavy atom. The molecule has 0 aliphatic heterocycles. The Morgan fingerprint density at radius 1 is 0.850 bits per heavy atom. The van der Waals surface area contributed by atoms with Crippen molar-refractivity contribution in [2.24, 2.45) is 0 Å². The summed E-state index contributed by atoms with van der Waals surface area (Å²) in [6.45, 7) is 4.55. The summed E-state index contributed by atoms with van der Waals surface area (Å²) in [5, 5.41) is 1.54. The molecular formula is C19H25P. The summed E-state index contributed by atoms with van der Waals surface area (Å²) in [5.74, 6) is 0. The van der Waals surface area contributed by atoms with Crippen LogP contribution in [0.25, 0.3) is 11.1 Å². The van der Waals surface area contributed by atoms with Gasteiger partial charge in [0, 0.05) is 0 Å². The number of unbranched alkanes of at least 4 members (excludes halogenated alkanes) is 3. The number of rotatable bonds is 7. The van der Waals surface area contributed by atoms with Gasteiger partial charge in [-0.05, 0) is 41.5 Å². The standard InChI is InChI=1S/C19H25P/c1-3-4-5-9-15-20-19-14-10-13-18(16(19)2)17-11-7-6-8-12-17/h6-8,10-14,20H,3-5,9,15H2,1-2H3. The van der Waals surface area contributed by atoms with E-state index in [0.29, 0.717) is 0 Å². The molecule has 0 amide bonds. The molecule has 0 N–H and O–H groups in total. The maximum Gasteiger partial charge on any atom is -0.0148 e. The van der Waals surface area contributed by atoms with Crippen LogP contribution in [0, 0.1) is 6.92 Å². The van der Waals surface area contributed by atoms with Gasteiger partial charge in [0.2, 0.25) is 0 Å². The van der Waals surface area contributed by atoms with Crippen LogP contribution in [0.2, 0.25) is 0 Å². The van der Waals surface area contributed by atoms with E-state index in [2.05, 4.69) is 62.4 Å². The van der Waals surface area contributed by atoms with E-state index in [4.69, 9.17) is 0 Å². The van der Waals surface area contributed by atoms with Crippen molar-refractivity contribution in [1.82, 2.24) is 0 Å². The molecule has 0 fully saturated rings. The Balaban J connectivity index is 2.04. The zero-order valence-electron chi connectivity index (χ0n) is 12.7. The van der Waals surface area contributed by atoms with E-state index >= 15 is 0 Å². The lowest BCUT2D eigenvalue weighted by atomic mass is 10.0. The lowest BCUT2D eigenvalue weighted by molar-refractivity contribution is 0.706. The Bertz CT molecular complexity index is 517. The van der Waals surface area contributed by atoms with Gasteiger partial charge in [0.1, 0.15) is 0 Å². The zero-order valence-corrected chi connectivity index (χ0v) is 13.7. The van der Waals surface area contributed by atoms with E-state index in [-0.39, 0.29) is 0 Å². The van der Waals surface area contributed by atoms with Crippen molar-refractivity contribution in [2.75, 3.05) is 6.16 Å². The first-order chi connectivity index (χ1) is 9.83. The molecule has 2 rings (SSSR count). The van der Waals surface area contributed by atoms with Gasteiger partial charge >= 0.3 is 0 Å². The predicted molar refractivity (Wildman–Crippen MR) is 93.6 cm³/mol. The maximum absolute atomic E-state index is 2.31. The highest BCUT2D eigenvalue weighted by Gasteiger charge is 2.05. The van der Waals surface area contributed by atoms with Crippen molar-refractivity contribution in [3.63, 3.8) is 0 Å². The minimum Gasteiger partial charge on any atom is -0.0901 e. The first-order valence-electron chi connectivity index (χ1n) is 7.72. The highest BCUT2D eigenvalue weighted by Crippen LogP contribution is 2.25. The first-order valence-corrected chi connectivity index (χ1v) is 8.92. The van der Waals surface area contributed by atoms with Gasteiger partial charge in [-0.15, -0.1) is 0 Å². The molecule has 20 heavy (non-hydrogen) atoms. The Hall–Kier alpha value is -1.13. The molecule has 0 aromatic heterocycles. The van der Waals surface area contributed by atoms with Crippen molar-refractivity contribution in [3.8, 4) is 11.1 Å². The molecule has 0 saturated carbocycles. The molecule has 0 aliphatic carbocycles. The van der Waals surface area contributed by atoms with Gasteiger partial charge in [0.05, 0.1) is 0 Å². The quantitative estimate of drug-likeness (QED) is 0.462. The number of benzene rings is 2. The summed E-state index contributed by atoms with van der Waals surface area (Å²) in [4.78, 5) is 0. The molecule has 0 saturated heterocycles. The summed E-state index contributed by atoms with van der Waals surface area (Å²) >= 11 is 0. The summed E-state index contributed by atoms with van der Waals surface area (Å²) in [5.41, 5.74) is 4.19. The molecule has 106 valence electrons. The molecule has 1 unspecified atom stereocenters. The average molecular weight is 284 g/mol. The van der Waals surface area contributed by atoms with Gasteiger partial charge in [-0.2, -0.15) is 0 Å². The molecule has 2 aromatic rings. The zero-order chi connectivity index (χ0) is 14.2. The third-order valence-electron chi connectivity index (χ3n) is 3.76. The number of hydrogen-bond donors (Lipinski definition) is 0. The summed E-state index contributed by atoms with van der Waals surface area (Å²) in [6.07, 6.45) is 6.82. The Labute approximate surface area is 125 Å². The highest BCUT2D eigenvalue weighted by atomic mass is 31.1. The summed E-state index contributed by atoms with van der Waals surface area (Å²) in [6, 6.07) is 17.5. The van der Waals surface area contributed by atoms with Gasteiger partial charge in [-0.25, -0.2) is 0 Å². The highest BCUT2D eigenvalue weighted by molar-refractivity contribution is 7.47. The molecule has 0 radical (unpaired) electrons. The molecule has 0 bridgehead atoms. The summed E-state index contributed by atoms with van der Waals surface area (Å²) < 4.78 is 0. The monoisotopic (exact) mass is 284 g/mol. The second-order valence-corrected chi connectivity index (χ2v) is 6.72. The molecule has 1 atom stereocenters. The van der Waals surface area contributed by atoms with Crippen LogP contribution < -0.4 is 5.30 Å². The van der Waals surface area contributed by atoms with E-state index in [1.54, 1.807) is 5.30 Å². The largest absolute Gasteiger partial charge is 0.0901 e. The fourth-order valence-electron chi connectivity index (χ4n) is 2.53. The lowest BCUT2D eigenvalue weighted by Gasteiger charge is -2.11. The lowest BCUT2D eigenvalue weighted by Crippen LogP contribution is -2.03. The molecule has 0 spiro atoms. The second-order valence-electron chi connectivity index (χ2n) is 5.33. The van der Waals surface area contributed by atoms with Crippen LogP contribution in [0.15, 0.2) is 48.5 Å². The van der Waals surface area contributed by atoms with Crippen molar-refractivity contribution in [2.45, 2.75) is 39.5 Å². The van der Waals surface area contributed by atoms with Crippen molar-refractivity contribution >= 4 is 13.9 Å². The number of hydrogen-bond acceptors (Lipinski definition) is 0. The smallest absolute Gasteiger partial charge is 0.0148 e. The minimum absolute atomic E-state index is 0.956. The predicted octanol–water partition coefficient (Wildman–Crippen LogP) is 5.55. The van der Waals surface area contributed by atoms with Crippen LogP contribution in [0.4, 0.5) is 0 Å². The van der Waals surface area contributed by atoms with Gasteiger partial charge in [-0.1, -0.05) is 83.3 Å². The van der Waals surface area contributed by atoms with Gasteiger partial charge in [0.15, 0.2) is 0 Å². The molecule has 0 nitrogen and oxygen atoms in total. The van der Waals surface area contributed by atoms with Crippen LogP contribution in [0.3, 0.4) is 0 Å². The molecule has 0 heterocycles. The second kappa shape index (κ2) is 8.22. The van der Waals surface area contributed by atoms with Crippen LogP contribution in [-0.2, 0) is 0 Å². The third-order valence-corrected chi connectivity index (χ3v) is 5.29. The fraction of sp³-hybridized carbons (Fsp3) is 0.368. The third kappa shape index (κ3) is 4.18. The van der Waals surface area contributed by atoms with Crippen LogP contribution in [0.5, 0.6) is 0 Å². The minimum atomic E-state index is 0.956. The molecule has 1 heteroatoms. The van der Waals surface area contributed by atoms with Gasteiger partial charge in [0.25, 0.3) is 0 Å². The molecule has 2 aromatic carbocycles. The first kappa shape index (κ1) is 15.3. The maximum atomic E-state index is 2.31. The van der Waals surface area contributed by atoms with Crippen LogP contribution in [-0.4, -0.2) is 6.16 Å². The van der Waals surface area contributed by atoms with Gasteiger partial charge in [-0.3, -0.25) is 0 Å². The van der Waals surface area contributed by atoms with Gasteiger partial charge < -0.3 is 0 Å². The summed E-state index contributed by atoms with van der Waals surface area (Å²) in [7, 11) is 0.956. The fourth-order valence-corrected chi connectivity index (χ4v) is 3.84. The van der Waals surface area contributed by atoms with Crippen molar-refractivity contribution < 1.29 is 0 Å². The Kier molecular flexibility index (Phi) is 6.27.